The Kier molecular flexibility index (Phi) is 3.71. The molecular weight excluding hydrogens is 176 g/mol. The van der Waals surface area contributed by atoms with E-state index in [-0.39, 0.29) is 6.54 Å². The van der Waals surface area contributed by atoms with E-state index >= 15 is 0 Å². The number of methoxy groups -OCH3 is 1. The number of rotatable bonds is 3. The molecule has 0 radical (unpaired) electrons. The maximum Gasteiger partial charge on any atom is 0.118 e. The highest BCUT2D eigenvalue weighted by molar-refractivity contribution is 5.58. The van der Waals surface area contributed by atoms with Gasteiger partial charge in [-0.1, -0.05) is 12.1 Å². The molecule has 14 heavy (non-hydrogen) atoms. The van der Waals surface area contributed by atoms with Gasteiger partial charge in [0.05, 0.1) is 13.2 Å². The molecule has 0 atom stereocenters. The maximum atomic E-state index is 8.67. The van der Waals surface area contributed by atoms with Crippen LogP contribution in [0.15, 0.2) is 29.8 Å². The Morgan fingerprint density at radius 2 is 2.14 bits per heavy atom. The van der Waals surface area contributed by atoms with Crippen molar-refractivity contribution >= 4 is 6.08 Å². The van der Waals surface area contributed by atoms with Crippen LogP contribution in [0.1, 0.15) is 5.56 Å². The van der Waals surface area contributed by atoms with Gasteiger partial charge in [-0.2, -0.15) is 5.26 Å². The van der Waals surface area contributed by atoms with Gasteiger partial charge in [0.1, 0.15) is 5.75 Å². The van der Waals surface area contributed by atoms with Crippen LogP contribution in [0.5, 0.6) is 5.75 Å². The topological polar surface area (TPSA) is 59.0 Å². The predicted octanol–water partition coefficient (Wildman–Crippen LogP) is 1.56. The molecule has 3 heteroatoms. The summed E-state index contributed by atoms with van der Waals surface area (Å²) in [6, 6.07) is 9.48. The maximum absolute atomic E-state index is 8.67. The van der Waals surface area contributed by atoms with Crippen LogP contribution < -0.4 is 10.5 Å². The van der Waals surface area contributed by atoms with E-state index in [9.17, 15) is 0 Å². The summed E-state index contributed by atoms with van der Waals surface area (Å²) in [5.41, 5.74) is 6.89. The Morgan fingerprint density at radius 1 is 1.50 bits per heavy atom. The van der Waals surface area contributed by atoms with Crippen LogP contribution in [0.4, 0.5) is 0 Å². The summed E-state index contributed by atoms with van der Waals surface area (Å²) in [5.74, 6) is 0.799. The van der Waals surface area contributed by atoms with Gasteiger partial charge in [-0.15, -0.1) is 0 Å². The van der Waals surface area contributed by atoms with Crippen LogP contribution in [0.3, 0.4) is 0 Å². The van der Waals surface area contributed by atoms with Crippen molar-refractivity contribution in [3.05, 3.63) is 35.4 Å². The molecular formula is C11H12N2O. The van der Waals surface area contributed by atoms with E-state index in [1.165, 1.54) is 0 Å². The molecule has 0 aliphatic rings. The Morgan fingerprint density at radius 3 is 2.57 bits per heavy atom. The summed E-state index contributed by atoms with van der Waals surface area (Å²) in [5, 5.41) is 8.67. The second-order valence-electron chi connectivity index (χ2n) is 2.76. The highest BCUT2D eigenvalue weighted by Gasteiger charge is 1.94. The van der Waals surface area contributed by atoms with Gasteiger partial charge in [0, 0.05) is 12.1 Å². The SMILES string of the molecule is COc1ccc(/C=C(\C#N)CN)cc1. The number of hydrogen-bond acceptors (Lipinski definition) is 3. The van der Waals surface area contributed by atoms with Crippen molar-refractivity contribution in [1.82, 2.24) is 0 Å². The van der Waals surface area contributed by atoms with Crippen LogP contribution >= 0.6 is 0 Å². The molecule has 1 aromatic carbocycles. The fourth-order valence-corrected chi connectivity index (χ4v) is 1.04. The van der Waals surface area contributed by atoms with E-state index in [0.29, 0.717) is 5.57 Å². The lowest BCUT2D eigenvalue weighted by Gasteiger charge is -1.99. The molecule has 0 unspecified atom stereocenters. The molecule has 0 heterocycles. The lowest BCUT2D eigenvalue weighted by molar-refractivity contribution is 0.415. The molecule has 0 aliphatic heterocycles. The van der Waals surface area contributed by atoms with Crippen molar-refractivity contribution in [2.24, 2.45) is 5.73 Å². The molecule has 1 aromatic rings. The fraction of sp³-hybridized carbons (Fsp3) is 0.182. The summed E-state index contributed by atoms with van der Waals surface area (Å²) in [4.78, 5) is 0. The summed E-state index contributed by atoms with van der Waals surface area (Å²) < 4.78 is 5.02. The van der Waals surface area contributed by atoms with Crippen LogP contribution in [-0.2, 0) is 0 Å². The van der Waals surface area contributed by atoms with Crippen molar-refractivity contribution in [1.29, 1.82) is 5.26 Å². The van der Waals surface area contributed by atoms with Crippen molar-refractivity contribution in [3.63, 3.8) is 0 Å². The third-order valence-electron chi connectivity index (χ3n) is 1.82. The minimum Gasteiger partial charge on any atom is -0.497 e. The summed E-state index contributed by atoms with van der Waals surface area (Å²) >= 11 is 0. The van der Waals surface area contributed by atoms with Gasteiger partial charge in [-0.05, 0) is 23.8 Å². The molecule has 0 amide bonds. The molecule has 0 saturated heterocycles. The van der Waals surface area contributed by atoms with E-state index in [4.69, 9.17) is 15.7 Å². The van der Waals surface area contributed by atoms with Gasteiger partial charge in [-0.3, -0.25) is 0 Å². The monoisotopic (exact) mass is 188 g/mol. The Bertz CT molecular complexity index is 360. The third-order valence-corrected chi connectivity index (χ3v) is 1.82. The fourth-order valence-electron chi connectivity index (χ4n) is 1.04. The second kappa shape index (κ2) is 5.05. The number of nitriles is 1. The first-order chi connectivity index (χ1) is 6.80. The smallest absolute Gasteiger partial charge is 0.118 e. The van der Waals surface area contributed by atoms with Crippen molar-refractivity contribution < 1.29 is 4.74 Å². The van der Waals surface area contributed by atoms with Gasteiger partial charge >= 0.3 is 0 Å². The lowest BCUT2D eigenvalue weighted by atomic mass is 10.1. The average molecular weight is 188 g/mol. The number of hydrogen-bond donors (Lipinski definition) is 1. The first kappa shape index (κ1) is 10.3. The van der Waals surface area contributed by atoms with Crippen LogP contribution in [0.2, 0.25) is 0 Å². The molecule has 3 nitrogen and oxygen atoms in total. The van der Waals surface area contributed by atoms with Crippen LogP contribution in [0.25, 0.3) is 6.08 Å². The summed E-state index contributed by atoms with van der Waals surface area (Å²) in [6.45, 7) is 0.266. The van der Waals surface area contributed by atoms with Crippen LogP contribution in [0, 0.1) is 11.3 Å². The molecule has 2 N–H and O–H groups in total. The predicted molar refractivity (Wildman–Crippen MR) is 55.6 cm³/mol. The molecule has 0 fully saturated rings. The van der Waals surface area contributed by atoms with Gasteiger partial charge in [0.25, 0.3) is 0 Å². The average Bonchev–Trinajstić information content (AvgIpc) is 2.26. The van der Waals surface area contributed by atoms with Crippen molar-refractivity contribution in [2.75, 3.05) is 13.7 Å². The minimum absolute atomic E-state index is 0.266. The van der Waals surface area contributed by atoms with Crippen molar-refractivity contribution in [2.45, 2.75) is 0 Å². The van der Waals surface area contributed by atoms with E-state index in [1.54, 1.807) is 13.2 Å². The molecule has 0 aromatic heterocycles. The zero-order valence-corrected chi connectivity index (χ0v) is 8.03. The summed E-state index contributed by atoms with van der Waals surface area (Å²) in [6.07, 6.45) is 1.76. The van der Waals surface area contributed by atoms with E-state index in [1.807, 2.05) is 30.3 Å². The Labute approximate surface area is 83.4 Å². The van der Waals surface area contributed by atoms with E-state index in [0.717, 1.165) is 11.3 Å². The molecule has 0 spiro atoms. The van der Waals surface area contributed by atoms with E-state index in [2.05, 4.69) is 0 Å². The first-order valence-corrected chi connectivity index (χ1v) is 4.25. The van der Waals surface area contributed by atoms with Gasteiger partial charge in [-0.25, -0.2) is 0 Å². The molecule has 0 aliphatic carbocycles. The van der Waals surface area contributed by atoms with Gasteiger partial charge in [0.15, 0.2) is 0 Å². The Balaban J connectivity index is 2.88. The third kappa shape index (κ3) is 2.61. The standard InChI is InChI=1S/C11H12N2O/c1-14-11-4-2-9(3-5-11)6-10(7-12)8-13/h2-6H,7,12H2,1H3/b10-6-. The lowest BCUT2D eigenvalue weighted by Crippen LogP contribution is -2.00. The number of ether oxygens (including phenoxy) is 1. The highest BCUT2D eigenvalue weighted by atomic mass is 16.5. The Hall–Kier alpha value is -1.79. The number of benzene rings is 1. The van der Waals surface area contributed by atoms with Gasteiger partial charge in [0.2, 0.25) is 0 Å². The number of nitrogens with zero attached hydrogens (tertiary/aromatic N) is 1. The molecule has 0 saturated carbocycles. The normalized spacial score (nSPS) is 10.8. The van der Waals surface area contributed by atoms with E-state index < -0.39 is 0 Å². The highest BCUT2D eigenvalue weighted by Crippen LogP contribution is 2.13. The minimum atomic E-state index is 0.266. The molecule has 0 bridgehead atoms. The molecule has 1 rings (SSSR count). The largest absolute Gasteiger partial charge is 0.497 e. The van der Waals surface area contributed by atoms with Gasteiger partial charge < -0.3 is 10.5 Å². The summed E-state index contributed by atoms with van der Waals surface area (Å²) in [7, 11) is 1.62. The zero-order chi connectivity index (χ0) is 10.4. The van der Waals surface area contributed by atoms with Crippen molar-refractivity contribution in [3.8, 4) is 11.8 Å². The first-order valence-electron chi connectivity index (χ1n) is 4.25. The zero-order valence-electron chi connectivity index (χ0n) is 8.03. The second-order valence-corrected chi connectivity index (χ2v) is 2.76. The molecule has 72 valence electrons. The number of nitrogens with two attached hydrogens (primary N) is 1. The quantitative estimate of drug-likeness (QED) is 0.732. The van der Waals surface area contributed by atoms with Crippen LogP contribution in [-0.4, -0.2) is 13.7 Å².